The molecule has 6 heteroatoms. The molecule has 0 radical (unpaired) electrons. The average Bonchev–Trinajstić information content (AvgIpc) is 3.21. The zero-order valence-corrected chi connectivity index (χ0v) is 14.9. The first-order valence-electron chi connectivity index (χ1n) is 8.50. The lowest BCUT2D eigenvalue weighted by molar-refractivity contribution is -0.127. The number of carbonyl (C=O) groups is 1. The van der Waals surface area contributed by atoms with Gasteiger partial charge in [-0.25, -0.2) is 5.43 Å². The highest BCUT2D eigenvalue weighted by Gasteiger charge is 2.14. The summed E-state index contributed by atoms with van der Waals surface area (Å²) in [6.45, 7) is 2.14. The van der Waals surface area contributed by atoms with Gasteiger partial charge in [-0.05, 0) is 48.9 Å². The van der Waals surface area contributed by atoms with Gasteiger partial charge in [0.15, 0.2) is 6.10 Å². The molecular formula is C21H20N2O4. The van der Waals surface area contributed by atoms with Crippen molar-refractivity contribution in [1.82, 2.24) is 5.43 Å². The van der Waals surface area contributed by atoms with Crippen LogP contribution >= 0.6 is 0 Å². The molecule has 1 aromatic heterocycles. The summed E-state index contributed by atoms with van der Waals surface area (Å²) in [6.07, 6.45) is 2.25. The minimum atomic E-state index is -0.699. The predicted molar refractivity (Wildman–Crippen MR) is 102 cm³/mol. The van der Waals surface area contributed by atoms with Crippen LogP contribution in [0, 0.1) is 0 Å². The normalized spacial score (nSPS) is 11.9. The van der Waals surface area contributed by atoms with E-state index in [1.54, 1.807) is 43.3 Å². The topological polar surface area (TPSA) is 73.1 Å². The molecule has 0 spiro atoms. The molecule has 0 aliphatic carbocycles. The summed E-state index contributed by atoms with van der Waals surface area (Å²) < 4.78 is 16.4. The van der Waals surface area contributed by atoms with Crippen molar-refractivity contribution in [1.29, 1.82) is 0 Å². The fraction of sp³-hybridized carbons (Fsp3) is 0.143. The zero-order chi connectivity index (χ0) is 18.9. The second-order valence-electron chi connectivity index (χ2n) is 5.76. The van der Waals surface area contributed by atoms with Gasteiger partial charge in [0.1, 0.15) is 23.9 Å². The minimum absolute atomic E-state index is 0.359. The molecule has 0 bridgehead atoms. The van der Waals surface area contributed by atoms with Crippen LogP contribution in [0.5, 0.6) is 11.5 Å². The summed E-state index contributed by atoms with van der Waals surface area (Å²) in [7, 11) is 0. The summed E-state index contributed by atoms with van der Waals surface area (Å²) >= 11 is 0. The Labute approximate surface area is 157 Å². The highest BCUT2D eigenvalue weighted by atomic mass is 16.5. The Kier molecular flexibility index (Phi) is 6.25. The minimum Gasteiger partial charge on any atom is -0.489 e. The van der Waals surface area contributed by atoms with Gasteiger partial charge in [0.2, 0.25) is 0 Å². The van der Waals surface area contributed by atoms with Crippen molar-refractivity contribution in [2.24, 2.45) is 5.10 Å². The van der Waals surface area contributed by atoms with Gasteiger partial charge in [-0.3, -0.25) is 4.79 Å². The van der Waals surface area contributed by atoms with Gasteiger partial charge in [-0.1, -0.05) is 30.3 Å². The van der Waals surface area contributed by atoms with E-state index in [1.165, 1.54) is 12.5 Å². The van der Waals surface area contributed by atoms with Crippen LogP contribution in [0.4, 0.5) is 0 Å². The van der Waals surface area contributed by atoms with E-state index < -0.39 is 6.10 Å². The lowest BCUT2D eigenvalue weighted by atomic mass is 10.2. The van der Waals surface area contributed by atoms with Crippen molar-refractivity contribution in [3.05, 3.63) is 84.3 Å². The van der Waals surface area contributed by atoms with Gasteiger partial charge in [0.05, 0.1) is 12.5 Å². The first kappa shape index (κ1) is 18.3. The molecule has 0 saturated carbocycles. The van der Waals surface area contributed by atoms with E-state index in [4.69, 9.17) is 13.9 Å². The van der Waals surface area contributed by atoms with E-state index in [0.717, 1.165) is 11.3 Å². The fourth-order valence-electron chi connectivity index (χ4n) is 2.23. The smallest absolute Gasteiger partial charge is 0.280 e. The van der Waals surface area contributed by atoms with E-state index in [-0.39, 0.29) is 5.91 Å². The Bertz CT molecular complexity index is 859. The molecule has 3 aromatic rings. The fourth-order valence-corrected chi connectivity index (χ4v) is 2.23. The van der Waals surface area contributed by atoms with E-state index >= 15 is 0 Å². The van der Waals surface area contributed by atoms with Gasteiger partial charge in [0.25, 0.3) is 5.91 Å². The van der Waals surface area contributed by atoms with Crippen LogP contribution in [0.2, 0.25) is 0 Å². The second kappa shape index (κ2) is 9.24. The first-order valence-corrected chi connectivity index (χ1v) is 8.50. The number of carbonyl (C=O) groups excluding carboxylic acids is 1. The Morgan fingerprint density at radius 2 is 1.81 bits per heavy atom. The number of benzene rings is 2. The van der Waals surface area contributed by atoms with E-state index in [9.17, 15) is 4.79 Å². The number of nitrogens with one attached hydrogen (secondary N) is 1. The molecule has 1 heterocycles. The molecule has 6 nitrogen and oxygen atoms in total. The molecule has 3 rings (SSSR count). The lowest BCUT2D eigenvalue weighted by Gasteiger charge is -2.13. The SMILES string of the molecule is C[C@H](Oc1ccc(OCc2ccccc2)cc1)C(=O)N/N=C\c1ccco1. The van der Waals surface area contributed by atoms with Crippen molar-refractivity contribution >= 4 is 12.1 Å². The van der Waals surface area contributed by atoms with E-state index in [2.05, 4.69) is 10.5 Å². The van der Waals surface area contributed by atoms with Crippen molar-refractivity contribution in [3.8, 4) is 11.5 Å². The third-order valence-corrected chi connectivity index (χ3v) is 3.66. The van der Waals surface area contributed by atoms with Crippen molar-refractivity contribution in [2.45, 2.75) is 19.6 Å². The van der Waals surface area contributed by atoms with Gasteiger partial charge in [-0.15, -0.1) is 0 Å². The number of amides is 1. The summed E-state index contributed by atoms with van der Waals surface area (Å²) in [5.74, 6) is 1.49. The molecule has 27 heavy (non-hydrogen) atoms. The van der Waals surface area contributed by atoms with Crippen molar-refractivity contribution in [3.63, 3.8) is 0 Å². The van der Waals surface area contributed by atoms with Crippen molar-refractivity contribution < 1.29 is 18.7 Å². The number of rotatable bonds is 8. The summed E-state index contributed by atoms with van der Waals surface area (Å²) in [5, 5.41) is 3.83. The molecule has 2 aromatic carbocycles. The van der Waals surface area contributed by atoms with Crippen LogP contribution in [-0.2, 0) is 11.4 Å². The average molecular weight is 364 g/mol. The summed E-state index contributed by atoms with van der Waals surface area (Å²) in [6, 6.07) is 20.5. The molecule has 1 atom stereocenters. The third-order valence-electron chi connectivity index (χ3n) is 3.66. The number of hydrazone groups is 1. The van der Waals surface area contributed by atoms with Crippen LogP contribution in [0.15, 0.2) is 82.5 Å². The van der Waals surface area contributed by atoms with Crippen LogP contribution in [0.1, 0.15) is 18.2 Å². The third kappa shape index (κ3) is 5.74. The number of nitrogens with zero attached hydrogens (tertiary/aromatic N) is 1. The van der Waals surface area contributed by atoms with Crippen LogP contribution in [0.25, 0.3) is 0 Å². The number of hydrogen-bond donors (Lipinski definition) is 1. The van der Waals surface area contributed by atoms with Gasteiger partial charge >= 0.3 is 0 Å². The molecule has 0 aliphatic rings. The van der Waals surface area contributed by atoms with Gasteiger partial charge in [-0.2, -0.15) is 5.10 Å². The molecule has 0 aliphatic heterocycles. The predicted octanol–water partition coefficient (Wildman–Crippen LogP) is 3.78. The molecule has 1 amide bonds. The Morgan fingerprint density at radius 3 is 2.52 bits per heavy atom. The Hall–Kier alpha value is -3.54. The molecule has 0 saturated heterocycles. The van der Waals surface area contributed by atoms with Crippen LogP contribution in [0.3, 0.4) is 0 Å². The largest absolute Gasteiger partial charge is 0.489 e. The first-order chi connectivity index (χ1) is 13.2. The second-order valence-corrected chi connectivity index (χ2v) is 5.76. The summed E-state index contributed by atoms with van der Waals surface area (Å²) in [4.78, 5) is 12.0. The zero-order valence-electron chi connectivity index (χ0n) is 14.9. The summed E-state index contributed by atoms with van der Waals surface area (Å²) in [5.41, 5.74) is 3.51. The highest BCUT2D eigenvalue weighted by molar-refractivity contribution is 5.83. The molecular weight excluding hydrogens is 344 g/mol. The maximum absolute atomic E-state index is 12.0. The number of ether oxygens (including phenoxy) is 2. The molecule has 0 fully saturated rings. The van der Waals surface area contributed by atoms with Gasteiger partial charge < -0.3 is 13.9 Å². The van der Waals surface area contributed by atoms with E-state index in [0.29, 0.717) is 18.1 Å². The van der Waals surface area contributed by atoms with Crippen LogP contribution in [-0.4, -0.2) is 18.2 Å². The van der Waals surface area contributed by atoms with Crippen molar-refractivity contribution in [2.75, 3.05) is 0 Å². The van der Waals surface area contributed by atoms with Crippen LogP contribution < -0.4 is 14.9 Å². The maximum Gasteiger partial charge on any atom is 0.280 e. The molecule has 1 N–H and O–H groups in total. The molecule has 0 unspecified atom stereocenters. The monoisotopic (exact) mass is 364 g/mol. The molecule has 138 valence electrons. The van der Waals surface area contributed by atoms with Gasteiger partial charge in [0, 0.05) is 0 Å². The van der Waals surface area contributed by atoms with E-state index in [1.807, 2.05) is 30.3 Å². The Morgan fingerprint density at radius 1 is 1.07 bits per heavy atom. The standard InChI is InChI=1S/C21H20N2O4/c1-16(21(24)23-22-14-20-8-5-13-25-20)27-19-11-9-18(10-12-19)26-15-17-6-3-2-4-7-17/h2-14,16H,15H2,1H3,(H,23,24)/b22-14-/t16-/m0/s1. The highest BCUT2D eigenvalue weighted by Crippen LogP contribution is 2.19. The quantitative estimate of drug-likeness (QED) is 0.488. The Balaban J connectivity index is 1.46. The number of hydrogen-bond acceptors (Lipinski definition) is 5. The number of furan rings is 1. The maximum atomic E-state index is 12.0. The lowest BCUT2D eigenvalue weighted by Crippen LogP contribution is -2.33.